The molecule has 2 aliphatic heterocycles. The number of hydrogen-bond acceptors (Lipinski definition) is 4. The quantitative estimate of drug-likeness (QED) is 0.904. The lowest BCUT2D eigenvalue weighted by Crippen LogP contribution is -2.46. The van der Waals surface area contributed by atoms with E-state index in [1.165, 1.54) is 17.3 Å². The van der Waals surface area contributed by atoms with E-state index >= 15 is 0 Å². The molecule has 2 atom stereocenters. The van der Waals surface area contributed by atoms with Gasteiger partial charge in [0.1, 0.15) is 0 Å². The van der Waals surface area contributed by atoms with E-state index in [1.807, 2.05) is 0 Å². The summed E-state index contributed by atoms with van der Waals surface area (Å²) in [6.45, 7) is 2.18. The van der Waals surface area contributed by atoms with E-state index in [4.69, 9.17) is 11.6 Å². The molecule has 118 valence electrons. The number of aryl methyl sites for hydroxylation is 1. The Labute approximate surface area is 130 Å². The first kappa shape index (κ1) is 15.3. The molecule has 2 saturated heterocycles. The fourth-order valence-electron chi connectivity index (χ4n) is 3.45. The Morgan fingerprint density at radius 3 is 2.81 bits per heavy atom. The van der Waals surface area contributed by atoms with Gasteiger partial charge in [0.2, 0.25) is 0 Å². The van der Waals surface area contributed by atoms with E-state index in [-0.39, 0.29) is 10.0 Å². The zero-order valence-electron chi connectivity index (χ0n) is 12.1. The molecular formula is C13H21ClN4O2S. The Morgan fingerprint density at radius 2 is 2.19 bits per heavy atom. The van der Waals surface area contributed by atoms with Gasteiger partial charge in [0.05, 0.1) is 11.2 Å². The van der Waals surface area contributed by atoms with Crippen LogP contribution in [0.2, 0.25) is 5.02 Å². The molecule has 3 rings (SSSR count). The molecule has 8 heteroatoms. The van der Waals surface area contributed by atoms with Crippen molar-refractivity contribution in [3.8, 4) is 0 Å². The van der Waals surface area contributed by atoms with Crippen molar-refractivity contribution in [2.24, 2.45) is 13.0 Å². The average molecular weight is 333 g/mol. The summed E-state index contributed by atoms with van der Waals surface area (Å²) in [4.78, 5) is 0. The number of piperidine rings is 1. The van der Waals surface area contributed by atoms with Gasteiger partial charge in [-0.05, 0) is 38.1 Å². The van der Waals surface area contributed by atoms with Gasteiger partial charge in [0, 0.05) is 26.2 Å². The van der Waals surface area contributed by atoms with Crippen molar-refractivity contribution in [3.63, 3.8) is 0 Å². The molecule has 2 aliphatic rings. The Hall–Kier alpha value is -0.630. The average Bonchev–Trinajstić information content (AvgIpc) is 3.09. The van der Waals surface area contributed by atoms with E-state index in [0.717, 1.165) is 25.8 Å². The Bertz CT molecular complexity index is 590. The third-order valence-electron chi connectivity index (χ3n) is 4.51. The van der Waals surface area contributed by atoms with E-state index in [9.17, 15) is 8.42 Å². The van der Waals surface area contributed by atoms with Gasteiger partial charge in [-0.15, -0.1) is 0 Å². The molecule has 1 aromatic heterocycles. The molecule has 1 aromatic rings. The fraction of sp³-hybridized carbons (Fsp3) is 0.769. The summed E-state index contributed by atoms with van der Waals surface area (Å²) in [6, 6.07) is 0.449. The van der Waals surface area contributed by atoms with Crippen LogP contribution < -0.4 is 5.32 Å². The minimum atomic E-state index is -3.57. The molecule has 0 amide bonds. The molecule has 0 spiro atoms. The van der Waals surface area contributed by atoms with Crippen LogP contribution in [0, 0.1) is 5.92 Å². The minimum Gasteiger partial charge on any atom is -0.314 e. The second-order valence-electron chi connectivity index (χ2n) is 5.89. The highest BCUT2D eigenvalue weighted by Crippen LogP contribution is 2.30. The Balaban J connectivity index is 1.82. The molecule has 0 bridgehead atoms. The van der Waals surface area contributed by atoms with Gasteiger partial charge in [-0.25, -0.2) is 8.42 Å². The minimum absolute atomic E-state index is 0.101. The van der Waals surface area contributed by atoms with E-state index in [1.54, 1.807) is 11.4 Å². The summed E-state index contributed by atoms with van der Waals surface area (Å²) in [5.74, 6) is 0.392. The van der Waals surface area contributed by atoms with Crippen molar-refractivity contribution < 1.29 is 8.42 Å². The van der Waals surface area contributed by atoms with Crippen molar-refractivity contribution in [1.29, 1.82) is 0 Å². The number of aromatic nitrogens is 2. The van der Waals surface area contributed by atoms with Crippen LogP contribution in [-0.4, -0.2) is 48.2 Å². The van der Waals surface area contributed by atoms with Gasteiger partial charge in [-0.3, -0.25) is 4.68 Å². The normalized spacial score (nSPS) is 28.1. The summed E-state index contributed by atoms with van der Waals surface area (Å²) in [5, 5.41) is 7.73. The van der Waals surface area contributed by atoms with E-state index < -0.39 is 10.0 Å². The van der Waals surface area contributed by atoms with Crippen LogP contribution in [-0.2, 0) is 17.1 Å². The predicted molar refractivity (Wildman–Crippen MR) is 80.7 cm³/mol. The fourth-order valence-corrected chi connectivity index (χ4v) is 5.59. The van der Waals surface area contributed by atoms with E-state index in [2.05, 4.69) is 10.4 Å². The molecule has 0 aromatic carbocycles. The number of nitrogens with zero attached hydrogens (tertiary/aromatic N) is 3. The van der Waals surface area contributed by atoms with Crippen molar-refractivity contribution in [1.82, 2.24) is 19.4 Å². The Kier molecular flexibility index (Phi) is 4.27. The number of nitrogens with one attached hydrogen (secondary N) is 1. The zero-order valence-corrected chi connectivity index (χ0v) is 13.7. The first-order valence-corrected chi connectivity index (χ1v) is 9.23. The van der Waals surface area contributed by atoms with Crippen LogP contribution in [0.3, 0.4) is 0 Å². The van der Waals surface area contributed by atoms with Gasteiger partial charge in [0.15, 0.2) is 5.03 Å². The van der Waals surface area contributed by atoms with Crippen molar-refractivity contribution in [3.05, 3.63) is 11.2 Å². The summed E-state index contributed by atoms with van der Waals surface area (Å²) in [5.41, 5.74) is 0. The van der Waals surface area contributed by atoms with Crippen LogP contribution in [0.25, 0.3) is 0 Å². The van der Waals surface area contributed by atoms with E-state index in [0.29, 0.717) is 25.0 Å². The SMILES string of the molecule is Cn1ncc(Cl)c1S(=O)(=O)N1CCCC(C2CCCN2)C1. The van der Waals surface area contributed by atoms with Gasteiger partial charge in [-0.2, -0.15) is 9.40 Å². The summed E-state index contributed by atoms with van der Waals surface area (Å²) in [7, 11) is -1.96. The monoisotopic (exact) mass is 332 g/mol. The molecule has 6 nitrogen and oxygen atoms in total. The van der Waals surface area contributed by atoms with Gasteiger partial charge < -0.3 is 5.32 Å². The van der Waals surface area contributed by atoms with Crippen LogP contribution in [0.4, 0.5) is 0 Å². The van der Waals surface area contributed by atoms with Gasteiger partial charge >= 0.3 is 0 Å². The van der Waals surface area contributed by atoms with Crippen LogP contribution in [0.15, 0.2) is 11.2 Å². The van der Waals surface area contributed by atoms with Crippen molar-refractivity contribution >= 4 is 21.6 Å². The number of halogens is 1. The lowest BCUT2D eigenvalue weighted by Gasteiger charge is -2.34. The van der Waals surface area contributed by atoms with Crippen LogP contribution in [0.5, 0.6) is 0 Å². The maximum atomic E-state index is 12.8. The highest BCUT2D eigenvalue weighted by atomic mass is 35.5. The molecule has 3 heterocycles. The third-order valence-corrected chi connectivity index (χ3v) is 6.89. The largest absolute Gasteiger partial charge is 0.314 e. The van der Waals surface area contributed by atoms with Crippen molar-refractivity contribution in [2.45, 2.75) is 36.8 Å². The smallest absolute Gasteiger partial charge is 0.261 e. The van der Waals surface area contributed by atoms with Crippen LogP contribution in [0.1, 0.15) is 25.7 Å². The third kappa shape index (κ3) is 2.84. The highest BCUT2D eigenvalue weighted by molar-refractivity contribution is 7.89. The molecule has 0 radical (unpaired) electrons. The summed E-state index contributed by atoms with van der Waals surface area (Å²) in [6.07, 6.45) is 5.70. The Morgan fingerprint density at radius 1 is 1.38 bits per heavy atom. The van der Waals surface area contributed by atoms with Gasteiger partial charge in [-0.1, -0.05) is 11.6 Å². The predicted octanol–water partition coefficient (Wildman–Crippen LogP) is 1.23. The van der Waals surface area contributed by atoms with Crippen LogP contribution >= 0.6 is 11.6 Å². The topological polar surface area (TPSA) is 67.2 Å². The van der Waals surface area contributed by atoms with Crippen molar-refractivity contribution in [2.75, 3.05) is 19.6 Å². The zero-order chi connectivity index (χ0) is 15.0. The maximum Gasteiger partial charge on any atom is 0.261 e. The molecule has 2 fully saturated rings. The molecule has 21 heavy (non-hydrogen) atoms. The molecule has 0 aliphatic carbocycles. The molecule has 1 N–H and O–H groups in total. The molecule has 2 unspecified atom stereocenters. The summed E-state index contributed by atoms with van der Waals surface area (Å²) >= 11 is 6.01. The van der Waals surface area contributed by atoms with Gasteiger partial charge in [0.25, 0.3) is 10.0 Å². The first-order valence-electron chi connectivity index (χ1n) is 7.41. The lowest BCUT2D eigenvalue weighted by atomic mass is 9.91. The molecule has 0 saturated carbocycles. The maximum absolute atomic E-state index is 12.8. The number of hydrogen-bond donors (Lipinski definition) is 1. The second kappa shape index (κ2) is 5.87. The standard InChI is InChI=1S/C13H21ClN4O2S/c1-17-13(11(14)8-16-17)21(19,20)18-7-3-4-10(9-18)12-5-2-6-15-12/h8,10,12,15H,2-7,9H2,1H3. The molecular weight excluding hydrogens is 312 g/mol. The highest BCUT2D eigenvalue weighted by Gasteiger charge is 2.36. The second-order valence-corrected chi connectivity index (χ2v) is 8.15. The lowest BCUT2D eigenvalue weighted by molar-refractivity contribution is 0.225. The number of sulfonamides is 1. The summed E-state index contributed by atoms with van der Waals surface area (Å²) < 4.78 is 28.5. The first-order chi connectivity index (χ1) is 10.00. The number of rotatable bonds is 3.